The Kier molecular flexibility index (Phi) is 4.65. The predicted molar refractivity (Wildman–Crippen MR) is 75.7 cm³/mol. The molecule has 1 amide bonds. The second-order valence-corrected chi connectivity index (χ2v) is 4.97. The van der Waals surface area contributed by atoms with Crippen LogP contribution in [0, 0.1) is 11.6 Å². The number of carbonyl (C=O) groups excluding carboxylic acids is 1. The standard InChI is InChI=1S/C14H9Cl2F2NO2/c15-10-2-1-8(4-11(10)16)21-6-7-3-13(18)9(14(19)20)5-12(7)17/h1-5H,6H2,(H2,19,20). The molecule has 0 bridgehead atoms. The predicted octanol–water partition coefficient (Wildman–Crippen LogP) is 3.95. The summed E-state index contributed by atoms with van der Waals surface area (Å²) in [7, 11) is 0. The number of nitrogens with two attached hydrogens (primary N) is 1. The Balaban J connectivity index is 2.18. The molecule has 7 heteroatoms. The molecule has 0 heterocycles. The lowest BCUT2D eigenvalue weighted by Gasteiger charge is -2.09. The van der Waals surface area contributed by atoms with Crippen LogP contribution in [0.4, 0.5) is 8.78 Å². The molecule has 0 saturated carbocycles. The normalized spacial score (nSPS) is 10.5. The van der Waals surface area contributed by atoms with Gasteiger partial charge in [-0.15, -0.1) is 0 Å². The van der Waals surface area contributed by atoms with Gasteiger partial charge in [0.25, 0.3) is 5.91 Å². The van der Waals surface area contributed by atoms with Crippen LogP contribution in [-0.2, 0) is 6.61 Å². The summed E-state index contributed by atoms with van der Waals surface area (Å²) in [4.78, 5) is 10.9. The molecular weight excluding hydrogens is 323 g/mol. The van der Waals surface area contributed by atoms with E-state index in [9.17, 15) is 13.6 Å². The molecule has 0 aliphatic carbocycles. The minimum Gasteiger partial charge on any atom is -0.489 e. The van der Waals surface area contributed by atoms with Crippen LogP contribution in [0.25, 0.3) is 0 Å². The van der Waals surface area contributed by atoms with Gasteiger partial charge in [-0.1, -0.05) is 23.2 Å². The highest BCUT2D eigenvalue weighted by Crippen LogP contribution is 2.27. The number of carbonyl (C=O) groups is 1. The average Bonchev–Trinajstić information content (AvgIpc) is 2.42. The minimum absolute atomic E-state index is 0.0522. The first-order valence-corrected chi connectivity index (χ1v) is 6.49. The molecular formula is C14H9Cl2F2NO2. The molecule has 0 spiro atoms. The van der Waals surface area contributed by atoms with Crippen LogP contribution in [-0.4, -0.2) is 5.91 Å². The van der Waals surface area contributed by atoms with Gasteiger partial charge in [0, 0.05) is 11.6 Å². The monoisotopic (exact) mass is 331 g/mol. The Hall–Kier alpha value is -1.85. The third-order valence-electron chi connectivity index (χ3n) is 2.69. The Labute approximate surface area is 129 Å². The summed E-state index contributed by atoms with van der Waals surface area (Å²) < 4.78 is 32.6. The van der Waals surface area contributed by atoms with Gasteiger partial charge in [-0.05, 0) is 24.3 Å². The van der Waals surface area contributed by atoms with E-state index in [1.807, 2.05) is 0 Å². The Morgan fingerprint density at radius 2 is 1.81 bits per heavy atom. The number of benzene rings is 2. The van der Waals surface area contributed by atoms with E-state index in [1.54, 1.807) is 6.07 Å². The van der Waals surface area contributed by atoms with Crippen LogP contribution in [0.1, 0.15) is 15.9 Å². The summed E-state index contributed by atoms with van der Waals surface area (Å²) in [6.07, 6.45) is 0. The van der Waals surface area contributed by atoms with E-state index < -0.39 is 23.1 Å². The van der Waals surface area contributed by atoms with E-state index in [-0.39, 0.29) is 17.2 Å². The molecule has 0 fully saturated rings. The fourth-order valence-corrected chi connectivity index (χ4v) is 1.90. The summed E-state index contributed by atoms with van der Waals surface area (Å²) in [6, 6.07) is 6.13. The third-order valence-corrected chi connectivity index (χ3v) is 3.43. The molecule has 3 nitrogen and oxygen atoms in total. The van der Waals surface area contributed by atoms with Gasteiger partial charge in [0.2, 0.25) is 0 Å². The van der Waals surface area contributed by atoms with Crippen molar-refractivity contribution in [2.75, 3.05) is 0 Å². The smallest absolute Gasteiger partial charge is 0.251 e. The Morgan fingerprint density at radius 3 is 2.43 bits per heavy atom. The van der Waals surface area contributed by atoms with Gasteiger partial charge >= 0.3 is 0 Å². The first-order valence-electron chi connectivity index (χ1n) is 5.74. The maximum absolute atomic E-state index is 13.7. The van der Waals surface area contributed by atoms with Gasteiger partial charge in [-0.25, -0.2) is 8.78 Å². The summed E-state index contributed by atoms with van der Waals surface area (Å²) in [5, 5.41) is 0.636. The molecule has 2 rings (SSSR count). The molecule has 0 aliphatic rings. The summed E-state index contributed by atoms with van der Waals surface area (Å²) in [5.41, 5.74) is 4.36. The fraction of sp³-hybridized carbons (Fsp3) is 0.0714. The number of ether oxygens (including phenoxy) is 1. The highest BCUT2D eigenvalue weighted by atomic mass is 35.5. The van der Waals surface area contributed by atoms with Gasteiger partial charge in [-0.3, -0.25) is 4.79 Å². The number of primary amides is 1. The molecule has 110 valence electrons. The van der Waals surface area contributed by atoms with Crippen LogP contribution < -0.4 is 10.5 Å². The Bertz CT molecular complexity index is 708. The lowest BCUT2D eigenvalue weighted by atomic mass is 10.1. The lowest BCUT2D eigenvalue weighted by molar-refractivity contribution is 0.0996. The fourth-order valence-electron chi connectivity index (χ4n) is 1.62. The van der Waals surface area contributed by atoms with Crippen molar-refractivity contribution in [2.24, 2.45) is 5.73 Å². The molecule has 2 N–H and O–H groups in total. The van der Waals surface area contributed by atoms with Gasteiger partial charge in [-0.2, -0.15) is 0 Å². The topological polar surface area (TPSA) is 52.3 Å². The van der Waals surface area contributed by atoms with Crippen LogP contribution in [0.5, 0.6) is 5.75 Å². The average molecular weight is 332 g/mol. The SMILES string of the molecule is NC(=O)c1cc(F)c(COc2ccc(Cl)c(Cl)c2)cc1F. The van der Waals surface area contributed by atoms with Gasteiger partial charge in [0.1, 0.15) is 24.0 Å². The molecule has 0 aromatic heterocycles. The van der Waals surface area contributed by atoms with Crippen molar-refractivity contribution in [3.8, 4) is 5.75 Å². The van der Waals surface area contributed by atoms with Crippen LogP contribution in [0.15, 0.2) is 30.3 Å². The van der Waals surface area contributed by atoms with Crippen molar-refractivity contribution < 1.29 is 18.3 Å². The molecule has 0 radical (unpaired) electrons. The summed E-state index contributed by atoms with van der Waals surface area (Å²) >= 11 is 11.6. The van der Waals surface area contributed by atoms with E-state index in [4.69, 9.17) is 33.7 Å². The van der Waals surface area contributed by atoms with Crippen molar-refractivity contribution in [3.63, 3.8) is 0 Å². The van der Waals surface area contributed by atoms with Crippen molar-refractivity contribution in [1.82, 2.24) is 0 Å². The summed E-state index contributed by atoms with van der Waals surface area (Å²) in [6.45, 7) is -0.236. The second kappa shape index (κ2) is 6.28. The minimum atomic E-state index is -1.04. The maximum atomic E-state index is 13.7. The molecule has 0 unspecified atom stereocenters. The number of rotatable bonds is 4. The molecule has 0 saturated heterocycles. The number of hydrogen-bond acceptors (Lipinski definition) is 2. The van der Waals surface area contributed by atoms with E-state index in [0.717, 1.165) is 12.1 Å². The number of hydrogen-bond donors (Lipinski definition) is 1. The van der Waals surface area contributed by atoms with Crippen molar-refractivity contribution in [3.05, 3.63) is 63.1 Å². The Morgan fingerprint density at radius 1 is 1.10 bits per heavy atom. The highest BCUT2D eigenvalue weighted by molar-refractivity contribution is 6.42. The molecule has 0 aliphatic heterocycles. The lowest BCUT2D eigenvalue weighted by Crippen LogP contribution is -2.14. The van der Waals surface area contributed by atoms with E-state index in [1.165, 1.54) is 12.1 Å². The molecule has 21 heavy (non-hydrogen) atoms. The van der Waals surface area contributed by atoms with E-state index >= 15 is 0 Å². The quantitative estimate of drug-likeness (QED) is 0.922. The first kappa shape index (κ1) is 15.5. The van der Waals surface area contributed by atoms with Crippen molar-refractivity contribution in [1.29, 1.82) is 0 Å². The number of halogens is 4. The highest BCUT2D eigenvalue weighted by Gasteiger charge is 2.14. The zero-order valence-corrected chi connectivity index (χ0v) is 12.0. The van der Waals surface area contributed by atoms with Gasteiger partial charge < -0.3 is 10.5 Å². The van der Waals surface area contributed by atoms with E-state index in [2.05, 4.69) is 0 Å². The van der Waals surface area contributed by atoms with Gasteiger partial charge in [0.05, 0.1) is 15.6 Å². The van der Waals surface area contributed by atoms with E-state index in [0.29, 0.717) is 10.8 Å². The maximum Gasteiger partial charge on any atom is 0.251 e. The van der Waals surface area contributed by atoms with Crippen LogP contribution in [0.3, 0.4) is 0 Å². The molecule has 2 aromatic rings. The third kappa shape index (κ3) is 3.62. The van der Waals surface area contributed by atoms with Crippen LogP contribution >= 0.6 is 23.2 Å². The largest absolute Gasteiger partial charge is 0.489 e. The molecule has 2 aromatic carbocycles. The number of amides is 1. The van der Waals surface area contributed by atoms with Crippen LogP contribution in [0.2, 0.25) is 10.0 Å². The first-order chi connectivity index (χ1) is 9.88. The zero-order chi connectivity index (χ0) is 15.6. The second-order valence-electron chi connectivity index (χ2n) is 4.15. The van der Waals surface area contributed by atoms with Gasteiger partial charge in [0.15, 0.2) is 0 Å². The molecule has 0 atom stereocenters. The summed E-state index contributed by atoms with van der Waals surface area (Å²) in [5.74, 6) is -2.38. The zero-order valence-electron chi connectivity index (χ0n) is 10.5. The van der Waals surface area contributed by atoms with Crippen molar-refractivity contribution >= 4 is 29.1 Å². The van der Waals surface area contributed by atoms with Crippen molar-refractivity contribution in [2.45, 2.75) is 6.61 Å².